The zero-order valence-electron chi connectivity index (χ0n) is 28.9. The Hall–Kier alpha value is -4.48. The number of nitrogens with one attached hydrogen (secondary N) is 2. The number of anilines is 1. The van der Waals surface area contributed by atoms with Crippen LogP contribution in [-0.4, -0.2) is 53.6 Å². The monoisotopic (exact) mass is 649 g/mol. The maximum Gasteiger partial charge on any atom is 0.320 e. The van der Waals surface area contributed by atoms with E-state index in [2.05, 4.69) is 84.0 Å². The first-order chi connectivity index (χ1) is 23.0. The van der Waals surface area contributed by atoms with Crippen LogP contribution in [0.5, 0.6) is 0 Å². The molecule has 0 unspecified atom stereocenters. The summed E-state index contributed by atoms with van der Waals surface area (Å²) in [6.45, 7) is 15.6. The second kappa shape index (κ2) is 12.5. The smallest absolute Gasteiger partial charge is 0.320 e. The highest BCUT2D eigenvalue weighted by Crippen LogP contribution is 2.40. The van der Waals surface area contributed by atoms with E-state index in [1.165, 1.54) is 18.4 Å². The first-order valence-corrected chi connectivity index (χ1v) is 17.1. The summed E-state index contributed by atoms with van der Waals surface area (Å²) in [5, 5.41) is 22.2. The first kappa shape index (κ1) is 32.1. The largest absolute Gasteiger partial charge is 0.331 e. The van der Waals surface area contributed by atoms with Crippen molar-refractivity contribution in [3.63, 3.8) is 0 Å². The van der Waals surface area contributed by atoms with E-state index in [9.17, 15) is 4.79 Å². The third kappa shape index (κ3) is 6.24. The number of amides is 2. The van der Waals surface area contributed by atoms with Gasteiger partial charge in [0.15, 0.2) is 11.6 Å². The summed E-state index contributed by atoms with van der Waals surface area (Å²) < 4.78 is 3.97. The van der Waals surface area contributed by atoms with Crippen LogP contribution in [0.25, 0.3) is 11.8 Å². The van der Waals surface area contributed by atoms with Gasteiger partial charge in [0.25, 0.3) is 0 Å². The van der Waals surface area contributed by atoms with Gasteiger partial charge in [-0.15, -0.1) is 10.2 Å². The molecule has 4 aromatic rings. The normalized spacial score (nSPS) is 19.7. The number of hydroxylamine groups is 2. The Bertz CT molecular complexity index is 1810. The molecule has 0 radical (unpaired) electrons. The fraction of sp³-hybridized carbons (Fsp3) is 0.459. The van der Waals surface area contributed by atoms with E-state index in [1.807, 2.05) is 64.5 Å². The molecule has 2 aromatic carbocycles. The molecule has 1 aliphatic carbocycles. The number of rotatable bonds is 7. The quantitative estimate of drug-likeness (QED) is 0.223. The second-order valence-electron chi connectivity index (χ2n) is 14.8. The van der Waals surface area contributed by atoms with E-state index in [0.29, 0.717) is 12.5 Å². The Kier molecular flexibility index (Phi) is 8.37. The second-order valence-corrected chi connectivity index (χ2v) is 14.8. The van der Waals surface area contributed by atoms with Crippen molar-refractivity contribution in [1.82, 2.24) is 39.8 Å². The standard InChI is InChI=1S/C37H47N9O2/c1-25-13-15-26(16-14-25)46-33(23-31(42-46)36(2,3)4)39-35(47)38-29-17-18-30(28-12-8-7-11-27(28)29)48-44-22-19-32-40-41-34(45(32)24-44)37(5,6)43-20-9-10-21-43/h7-8,11-16,19,22-23,29-30H,9-10,17-18,20-21,24H2,1-6H3,(H2,38,39,47)/t29-,30+/m0/s1. The van der Waals surface area contributed by atoms with Crippen LogP contribution in [-0.2, 0) is 22.5 Å². The molecule has 4 heterocycles. The van der Waals surface area contributed by atoms with Crippen LogP contribution in [0.4, 0.5) is 10.6 Å². The van der Waals surface area contributed by atoms with Gasteiger partial charge >= 0.3 is 6.03 Å². The molecule has 48 heavy (non-hydrogen) atoms. The highest BCUT2D eigenvalue weighted by atomic mass is 16.7. The molecule has 252 valence electrons. The van der Waals surface area contributed by atoms with E-state index in [0.717, 1.165) is 60.1 Å². The number of fused-ring (bicyclic) bond motifs is 2. The SMILES string of the molecule is Cc1ccc(-n2nc(C(C)(C)C)cc2NC(=O)N[C@H]2CC[C@@H](ON3C=Cc4nnc(C(C)(C)N5CCCC5)n4C3)c3ccccc32)cc1. The molecule has 0 bridgehead atoms. The lowest BCUT2D eigenvalue weighted by molar-refractivity contribution is -0.191. The molecule has 7 rings (SSSR count). The van der Waals surface area contributed by atoms with Crippen LogP contribution in [0.1, 0.15) is 106 Å². The van der Waals surface area contributed by atoms with Crippen LogP contribution < -0.4 is 10.6 Å². The van der Waals surface area contributed by atoms with E-state index >= 15 is 0 Å². The summed E-state index contributed by atoms with van der Waals surface area (Å²) in [5.74, 6) is 2.42. The van der Waals surface area contributed by atoms with Gasteiger partial charge in [-0.05, 0) is 82.8 Å². The van der Waals surface area contributed by atoms with Crippen molar-refractivity contribution >= 4 is 17.9 Å². The van der Waals surface area contributed by atoms with Crippen molar-refractivity contribution in [2.75, 3.05) is 18.4 Å². The van der Waals surface area contributed by atoms with Crippen LogP contribution in [0.15, 0.2) is 60.8 Å². The minimum absolute atomic E-state index is 0.155. The molecule has 2 amide bonds. The van der Waals surface area contributed by atoms with E-state index in [-0.39, 0.29) is 29.1 Å². The molecule has 0 saturated carbocycles. The predicted octanol–water partition coefficient (Wildman–Crippen LogP) is 6.97. The number of carbonyl (C=O) groups is 1. The van der Waals surface area contributed by atoms with Crippen LogP contribution >= 0.6 is 0 Å². The number of carbonyl (C=O) groups excluding carboxylic acids is 1. The molecule has 2 N–H and O–H groups in total. The van der Waals surface area contributed by atoms with Crippen molar-refractivity contribution in [1.29, 1.82) is 0 Å². The molecule has 1 saturated heterocycles. The molecule has 2 aromatic heterocycles. The molecular formula is C37H47N9O2. The van der Waals surface area contributed by atoms with Crippen LogP contribution in [0, 0.1) is 6.92 Å². The first-order valence-electron chi connectivity index (χ1n) is 17.1. The third-order valence-electron chi connectivity index (χ3n) is 9.90. The van der Waals surface area contributed by atoms with Crippen LogP contribution in [0.3, 0.4) is 0 Å². The minimum atomic E-state index is -0.268. The Morgan fingerprint density at radius 3 is 2.40 bits per heavy atom. The van der Waals surface area contributed by atoms with E-state index in [1.54, 1.807) is 0 Å². The highest BCUT2D eigenvalue weighted by molar-refractivity contribution is 5.89. The lowest BCUT2D eigenvalue weighted by Gasteiger charge is -2.37. The number of urea groups is 1. The maximum absolute atomic E-state index is 13.6. The number of benzene rings is 2. The number of likely N-dealkylation sites (tertiary alicyclic amines) is 1. The van der Waals surface area contributed by atoms with Gasteiger partial charge in [-0.25, -0.2) is 14.5 Å². The van der Waals surface area contributed by atoms with Gasteiger partial charge in [0.05, 0.1) is 23.0 Å². The van der Waals surface area contributed by atoms with Crippen molar-refractivity contribution in [3.8, 4) is 5.69 Å². The Balaban J connectivity index is 1.05. The number of aromatic nitrogens is 5. The fourth-order valence-corrected chi connectivity index (χ4v) is 7.06. The molecular weight excluding hydrogens is 602 g/mol. The summed E-state index contributed by atoms with van der Waals surface area (Å²) in [7, 11) is 0. The van der Waals surface area contributed by atoms with Gasteiger partial charge in [0, 0.05) is 23.8 Å². The number of hydrogen-bond donors (Lipinski definition) is 2. The molecule has 3 aliphatic rings. The van der Waals surface area contributed by atoms with Crippen molar-refractivity contribution in [2.45, 2.75) is 97.0 Å². The molecule has 2 atom stereocenters. The highest BCUT2D eigenvalue weighted by Gasteiger charge is 2.37. The predicted molar refractivity (Wildman–Crippen MR) is 186 cm³/mol. The zero-order valence-corrected chi connectivity index (χ0v) is 28.9. The number of hydrogen-bond acceptors (Lipinski definition) is 7. The van der Waals surface area contributed by atoms with Crippen LogP contribution in [0.2, 0.25) is 0 Å². The average Bonchev–Trinajstić information content (AvgIpc) is 3.83. The summed E-state index contributed by atoms with van der Waals surface area (Å²) >= 11 is 0. The number of aryl methyl sites for hydroxylation is 1. The summed E-state index contributed by atoms with van der Waals surface area (Å²) in [6, 6.07) is 17.9. The topological polar surface area (TPSA) is 105 Å². The number of nitrogens with zero attached hydrogens (tertiary/aromatic N) is 7. The minimum Gasteiger partial charge on any atom is -0.331 e. The van der Waals surface area contributed by atoms with E-state index < -0.39 is 0 Å². The van der Waals surface area contributed by atoms with Crippen molar-refractivity contribution < 1.29 is 9.63 Å². The molecule has 0 spiro atoms. The lowest BCUT2D eigenvalue weighted by atomic mass is 9.86. The summed E-state index contributed by atoms with van der Waals surface area (Å²) in [6.07, 6.45) is 7.68. The Morgan fingerprint density at radius 1 is 0.938 bits per heavy atom. The molecule has 2 aliphatic heterocycles. The van der Waals surface area contributed by atoms with Gasteiger partial charge in [-0.3, -0.25) is 19.6 Å². The van der Waals surface area contributed by atoms with Gasteiger partial charge in [-0.1, -0.05) is 62.7 Å². The van der Waals surface area contributed by atoms with Gasteiger partial charge < -0.3 is 5.32 Å². The van der Waals surface area contributed by atoms with E-state index in [4.69, 9.17) is 9.94 Å². The van der Waals surface area contributed by atoms with Crippen molar-refractivity contribution in [3.05, 3.63) is 94.8 Å². The zero-order chi connectivity index (χ0) is 33.6. The van der Waals surface area contributed by atoms with Gasteiger partial charge in [0.1, 0.15) is 18.6 Å². The summed E-state index contributed by atoms with van der Waals surface area (Å²) in [4.78, 5) is 22.7. The van der Waals surface area contributed by atoms with Gasteiger partial charge in [-0.2, -0.15) is 5.10 Å². The molecule has 11 heteroatoms. The third-order valence-corrected chi connectivity index (χ3v) is 9.90. The average molecular weight is 650 g/mol. The van der Waals surface area contributed by atoms with Crippen molar-refractivity contribution in [2.24, 2.45) is 0 Å². The maximum atomic E-state index is 13.6. The molecule has 11 nitrogen and oxygen atoms in total. The Labute approximate surface area is 282 Å². The summed E-state index contributed by atoms with van der Waals surface area (Å²) in [5.41, 5.74) is 4.71. The molecule has 1 fully saturated rings. The Morgan fingerprint density at radius 2 is 1.67 bits per heavy atom. The lowest BCUT2D eigenvalue weighted by Crippen LogP contribution is -2.43. The van der Waals surface area contributed by atoms with Gasteiger partial charge in [0.2, 0.25) is 0 Å². The fourth-order valence-electron chi connectivity index (χ4n) is 7.06.